The van der Waals surface area contributed by atoms with Crippen LogP contribution in [0.25, 0.3) is 0 Å². The predicted octanol–water partition coefficient (Wildman–Crippen LogP) is 6.22. The van der Waals surface area contributed by atoms with Crippen molar-refractivity contribution < 1.29 is 61.4 Å². The van der Waals surface area contributed by atoms with Gasteiger partial charge in [-0.1, -0.05) is 41.0 Å². The van der Waals surface area contributed by atoms with Crippen molar-refractivity contribution in [3.63, 3.8) is 0 Å². The van der Waals surface area contributed by atoms with Gasteiger partial charge in [0.2, 0.25) is 0 Å². The lowest BCUT2D eigenvalue weighted by molar-refractivity contribution is 0.0990. The molecule has 1 amide bonds. The first-order valence-corrected chi connectivity index (χ1v) is 18.4. The topological polar surface area (TPSA) is 233 Å². The summed E-state index contributed by atoms with van der Waals surface area (Å²) in [5.41, 5.74) is 2.46. The van der Waals surface area contributed by atoms with Crippen molar-refractivity contribution in [1.82, 2.24) is 0 Å². The van der Waals surface area contributed by atoms with Crippen molar-refractivity contribution in [2.24, 2.45) is 0 Å². The van der Waals surface area contributed by atoms with Gasteiger partial charge in [-0.15, -0.1) is 0 Å². The minimum Gasteiger partial charge on any atom is -0.404 e. The van der Waals surface area contributed by atoms with E-state index in [1.807, 2.05) is 27.7 Å². The van der Waals surface area contributed by atoms with Crippen LogP contribution in [0.1, 0.15) is 63.7 Å². The SMILES string of the molecule is CC(C)=CCC/C(C)=C/CC/C(C)=C/CN1C(=O)c2cccc(OP(=O)(O)O)c2Nc2c(OP(=O)(O)O)cc(OP(=O)(O)O)cc21. The molecule has 2 aromatic rings. The molecule has 0 unspecified atom stereocenters. The molecule has 46 heavy (non-hydrogen) atoms. The number of amides is 1. The summed E-state index contributed by atoms with van der Waals surface area (Å²) in [6, 6.07) is 5.61. The Bertz CT molecular complexity index is 1700. The van der Waals surface area contributed by atoms with E-state index in [4.69, 9.17) is 9.05 Å². The zero-order chi connectivity index (χ0) is 34.4. The highest BCUT2D eigenvalue weighted by molar-refractivity contribution is 7.47. The number of allylic oxidation sites excluding steroid dienone is 5. The summed E-state index contributed by atoms with van der Waals surface area (Å²) in [5, 5.41) is 2.71. The monoisotopic (exact) mass is 702 g/mol. The van der Waals surface area contributed by atoms with E-state index in [0.29, 0.717) is 6.42 Å². The highest BCUT2D eigenvalue weighted by Gasteiger charge is 2.34. The number of carbonyl (C=O) groups excluding carboxylic acids is 1. The Labute approximate surface area is 265 Å². The molecule has 0 aliphatic carbocycles. The first kappa shape index (κ1) is 37.2. The molecular weight excluding hydrogens is 665 g/mol. The molecule has 0 fully saturated rings. The van der Waals surface area contributed by atoms with E-state index in [0.717, 1.165) is 47.9 Å². The first-order chi connectivity index (χ1) is 21.2. The third kappa shape index (κ3) is 11.5. The highest BCUT2D eigenvalue weighted by Crippen LogP contribution is 2.53. The van der Waals surface area contributed by atoms with E-state index in [9.17, 15) is 47.9 Å². The molecule has 252 valence electrons. The van der Waals surface area contributed by atoms with Gasteiger partial charge in [0.15, 0.2) is 11.5 Å². The van der Waals surface area contributed by atoms with Gasteiger partial charge in [0.25, 0.3) is 5.91 Å². The summed E-state index contributed by atoms with van der Waals surface area (Å²) in [6.07, 6.45) is 9.25. The fraction of sp³-hybridized carbons (Fsp3) is 0.321. The molecule has 3 rings (SSSR count). The molecule has 18 heteroatoms. The van der Waals surface area contributed by atoms with Crippen LogP contribution >= 0.6 is 23.5 Å². The molecule has 0 saturated heterocycles. The number of rotatable bonds is 14. The van der Waals surface area contributed by atoms with Gasteiger partial charge in [-0.3, -0.25) is 34.2 Å². The van der Waals surface area contributed by atoms with Gasteiger partial charge in [0, 0.05) is 18.7 Å². The zero-order valence-electron chi connectivity index (χ0n) is 25.5. The van der Waals surface area contributed by atoms with Gasteiger partial charge in [-0.05, 0) is 65.5 Å². The fourth-order valence-electron chi connectivity index (χ4n) is 4.49. The summed E-state index contributed by atoms with van der Waals surface area (Å²) in [5.74, 6) is -2.52. The largest absolute Gasteiger partial charge is 0.524 e. The van der Waals surface area contributed by atoms with Crippen molar-refractivity contribution in [2.75, 3.05) is 16.8 Å². The van der Waals surface area contributed by atoms with E-state index in [-0.39, 0.29) is 29.2 Å². The molecule has 0 aromatic heterocycles. The van der Waals surface area contributed by atoms with Crippen LogP contribution in [0.15, 0.2) is 65.3 Å². The lowest BCUT2D eigenvalue weighted by Gasteiger charge is -2.24. The maximum absolute atomic E-state index is 14.0. The molecule has 2 aromatic carbocycles. The van der Waals surface area contributed by atoms with Crippen LogP contribution in [0.2, 0.25) is 0 Å². The second-order valence-corrected chi connectivity index (χ2v) is 14.2. The number of nitrogens with zero attached hydrogens (tertiary/aromatic N) is 1. The molecule has 0 saturated carbocycles. The van der Waals surface area contributed by atoms with E-state index in [1.165, 1.54) is 23.3 Å². The smallest absolute Gasteiger partial charge is 0.404 e. The number of carbonyl (C=O) groups is 1. The Morgan fingerprint density at radius 2 is 1.33 bits per heavy atom. The zero-order valence-corrected chi connectivity index (χ0v) is 28.2. The number of benzene rings is 2. The van der Waals surface area contributed by atoms with Crippen molar-refractivity contribution in [1.29, 1.82) is 0 Å². The molecule has 1 aliphatic heterocycles. The Morgan fingerprint density at radius 3 is 1.91 bits per heavy atom. The van der Waals surface area contributed by atoms with Crippen LogP contribution < -0.4 is 23.8 Å². The number of hydrogen-bond donors (Lipinski definition) is 7. The predicted molar refractivity (Wildman–Crippen MR) is 171 cm³/mol. The van der Waals surface area contributed by atoms with Crippen LogP contribution in [0.5, 0.6) is 17.2 Å². The quantitative estimate of drug-likeness (QED) is 0.0855. The lowest BCUT2D eigenvalue weighted by atomic mass is 10.1. The average molecular weight is 703 g/mol. The van der Waals surface area contributed by atoms with Crippen molar-refractivity contribution in [3.8, 4) is 17.2 Å². The fourth-order valence-corrected chi connectivity index (χ4v) is 5.68. The molecule has 0 bridgehead atoms. The molecule has 0 spiro atoms. The molecular formula is C28H37N2O13P3. The van der Waals surface area contributed by atoms with Crippen LogP contribution in [0, 0.1) is 0 Å². The average Bonchev–Trinajstić information content (AvgIpc) is 2.99. The maximum atomic E-state index is 14.0. The van der Waals surface area contributed by atoms with Crippen LogP contribution in [0.3, 0.4) is 0 Å². The number of fused-ring (bicyclic) bond motifs is 2. The third-order valence-corrected chi connectivity index (χ3v) is 7.82. The van der Waals surface area contributed by atoms with E-state index in [1.54, 1.807) is 6.08 Å². The molecule has 0 radical (unpaired) electrons. The molecule has 15 nitrogen and oxygen atoms in total. The number of nitrogens with one attached hydrogen (secondary N) is 1. The van der Waals surface area contributed by atoms with Gasteiger partial charge in [-0.2, -0.15) is 0 Å². The summed E-state index contributed by atoms with van der Waals surface area (Å²) in [4.78, 5) is 72.0. The molecule has 1 heterocycles. The summed E-state index contributed by atoms with van der Waals surface area (Å²) < 4.78 is 49.5. The number of phosphoric ester groups is 3. The normalized spacial score (nSPS) is 14.1. The van der Waals surface area contributed by atoms with E-state index >= 15 is 0 Å². The highest BCUT2D eigenvalue weighted by atomic mass is 31.2. The van der Waals surface area contributed by atoms with Gasteiger partial charge in [0.05, 0.1) is 16.9 Å². The Hall–Kier alpha value is -3.22. The Balaban J connectivity index is 2.11. The van der Waals surface area contributed by atoms with Crippen LogP contribution in [0.4, 0.5) is 17.1 Å². The standard InChI is InChI=1S/C28H37N2O13P3/c1-18(2)8-5-9-19(3)10-6-11-20(4)14-15-30-23-16-21(41-44(32,33)34)17-25(43-46(38,39)40)27(23)29-26-22(28(30)31)12-7-13-24(26)42-45(35,36)37/h7-8,10,12-14,16-17,29H,5-6,9,11,15H2,1-4H3,(H2,32,33,34)(H2,35,36,37)(H2,38,39,40)/b19-10+,20-14+. The Kier molecular flexibility index (Phi) is 12.2. The maximum Gasteiger partial charge on any atom is 0.524 e. The van der Waals surface area contributed by atoms with Gasteiger partial charge >= 0.3 is 23.5 Å². The summed E-state index contributed by atoms with van der Waals surface area (Å²) in [6.45, 7) is 7.85. The molecule has 1 aliphatic rings. The molecule has 7 N–H and O–H groups in total. The summed E-state index contributed by atoms with van der Waals surface area (Å²) >= 11 is 0. The third-order valence-electron chi connectivity index (χ3n) is 6.50. The van der Waals surface area contributed by atoms with Crippen LogP contribution in [-0.4, -0.2) is 41.8 Å². The number of hydrogen-bond acceptors (Lipinski definition) is 8. The molecule has 0 atom stereocenters. The van der Waals surface area contributed by atoms with E-state index < -0.39 is 46.6 Å². The van der Waals surface area contributed by atoms with Gasteiger partial charge in [-0.25, -0.2) is 13.7 Å². The van der Waals surface area contributed by atoms with E-state index in [2.05, 4.69) is 22.0 Å². The Morgan fingerprint density at radius 1 is 0.761 bits per heavy atom. The summed E-state index contributed by atoms with van der Waals surface area (Å²) in [7, 11) is -15.7. The van der Waals surface area contributed by atoms with Crippen LogP contribution in [-0.2, 0) is 13.7 Å². The number of anilines is 3. The second-order valence-electron chi connectivity index (χ2n) is 10.7. The van der Waals surface area contributed by atoms with Gasteiger partial charge < -0.3 is 23.8 Å². The minimum atomic E-state index is -5.32. The second kappa shape index (κ2) is 15.1. The van der Waals surface area contributed by atoms with Crippen molar-refractivity contribution in [2.45, 2.75) is 53.4 Å². The van der Waals surface area contributed by atoms with Gasteiger partial charge in [0.1, 0.15) is 11.4 Å². The number of para-hydroxylation sites is 1. The van der Waals surface area contributed by atoms with Crippen molar-refractivity contribution in [3.05, 3.63) is 70.8 Å². The minimum absolute atomic E-state index is 0.139. The van der Waals surface area contributed by atoms with Crippen molar-refractivity contribution >= 4 is 46.4 Å². The lowest BCUT2D eigenvalue weighted by Crippen LogP contribution is -2.30. The number of phosphoric acid groups is 3. The first-order valence-electron chi connectivity index (χ1n) is 13.8.